The lowest BCUT2D eigenvalue weighted by molar-refractivity contribution is 0.480. The molecule has 0 bridgehead atoms. The van der Waals surface area contributed by atoms with Crippen molar-refractivity contribution >= 4 is 28.8 Å². The minimum atomic E-state index is 0.433. The van der Waals surface area contributed by atoms with Gasteiger partial charge in [0.05, 0.1) is 10.7 Å². The second-order valence-corrected chi connectivity index (χ2v) is 4.21. The van der Waals surface area contributed by atoms with Gasteiger partial charge in [-0.25, -0.2) is 0 Å². The number of para-hydroxylation sites is 1. The third kappa shape index (κ3) is 2.25. The molecule has 2 aromatic rings. The standard InChI is InChI=1S/C10H10ClN3OS/c1-2-8-13-10(16-14-8)15-9-6(11)4-3-5-7(9)12/h3-5H,2,12H2,1H3. The van der Waals surface area contributed by atoms with Crippen LogP contribution in [0.4, 0.5) is 5.69 Å². The van der Waals surface area contributed by atoms with Gasteiger partial charge in [0.1, 0.15) is 5.82 Å². The molecule has 0 saturated heterocycles. The molecule has 0 spiro atoms. The predicted molar refractivity (Wildman–Crippen MR) is 65.2 cm³/mol. The number of halogens is 1. The first kappa shape index (κ1) is 11.2. The van der Waals surface area contributed by atoms with Gasteiger partial charge >= 0.3 is 0 Å². The average molecular weight is 256 g/mol. The van der Waals surface area contributed by atoms with Crippen molar-refractivity contribution < 1.29 is 4.74 Å². The first-order valence-electron chi connectivity index (χ1n) is 4.75. The highest BCUT2D eigenvalue weighted by atomic mass is 35.5. The lowest BCUT2D eigenvalue weighted by Crippen LogP contribution is -1.92. The highest BCUT2D eigenvalue weighted by Gasteiger charge is 2.10. The Morgan fingerprint density at radius 1 is 1.50 bits per heavy atom. The Morgan fingerprint density at radius 3 is 2.94 bits per heavy atom. The molecule has 2 N–H and O–H groups in total. The second-order valence-electron chi connectivity index (χ2n) is 3.09. The lowest BCUT2D eigenvalue weighted by atomic mass is 10.3. The zero-order valence-electron chi connectivity index (χ0n) is 8.61. The van der Waals surface area contributed by atoms with Crippen molar-refractivity contribution in [2.24, 2.45) is 0 Å². The van der Waals surface area contributed by atoms with Gasteiger partial charge in [-0.05, 0) is 12.1 Å². The third-order valence-corrected chi connectivity index (χ3v) is 2.88. The molecule has 1 aromatic carbocycles. The Bertz CT molecular complexity index is 480. The number of ether oxygens (including phenoxy) is 1. The fraction of sp³-hybridized carbons (Fsp3) is 0.200. The molecule has 0 radical (unpaired) electrons. The molecule has 0 aliphatic carbocycles. The minimum absolute atomic E-state index is 0.433. The fourth-order valence-corrected chi connectivity index (χ4v) is 1.98. The maximum absolute atomic E-state index is 5.97. The summed E-state index contributed by atoms with van der Waals surface area (Å²) in [6.07, 6.45) is 0.776. The molecule has 0 saturated carbocycles. The van der Waals surface area contributed by atoms with Crippen LogP contribution in [0.3, 0.4) is 0 Å². The topological polar surface area (TPSA) is 61.0 Å². The third-order valence-electron chi connectivity index (χ3n) is 1.95. The summed E-state index contributed by atoms with van der Waals surface area (Å²) in [6.45, 7) is 1.98. The first-order chi connectivity index (χ1) is 7.70. The van der Waals surface area contributed by atoms with Gasteiger partial charge in [-0.1, -0.05) is 24.6 Å². The average Bonchev–Trinajstić information content (AvgIpc) is 2.71. The molecule has 1 aromatic heterocycles. The van der Waals surface area contributed by atoms with E-state index in [4.69, 9.17) is 22.1 Å². The molecule has 4 nitrogen and oxygen atoms in total. The molecule has 1 heterocycles. The van der Waals surface area contributed by atoms with Crippen LogP contribution in [0.2, 0.25) is 5.02 Å². The van der Waals surface area contributed by atoms with Gasteiger partial charge in [-0.3, -0.25) is 0 Å². The van der Waals surface area contributed by atoms with Crippen LogP contribution in [0, 0.1) is 0 Å². The Kier molecular flexibility index (Phi) is 3.26. The molecule has 0 aliphatic rings. The van der Waals surface area contributed by atoms with Gasteiger partial charge in [0.2, 0.25) is 0 Å². The second kappa shape index (κ2) is 4.67. The number of nitrogen functional groups attached to an aromatic ring is 1. The maximum atomic E-state index is 5.97. The van der Waals surface area contributed by atoms with Crippen LogP contribution in [0.5, 0.6) is 10.9 Å². The Morgan fingerprint density at radius 2 is 2.31 bits per heavy atom. The van der Waals surface area contributed by atoms with Gasteiger partial charge in [0.25, 0.3) is 5.19 Å². The van der Waals surface area contributed by atoms with Gasteiger partial charge in [0, 0.05) is 18.0 Å². The number of nitrogens with two attached hydrogens (primary N) is 1. The van der Waals surface area contributed by atoms with Crippen molar-refractivity contribution in [1.29, 1.82) is 0 Å². The van der Waals surface area contributed by atoms with Gasteiger partial charge in [0.15, 0.2) is 5.75 Å². The zero-order valence-corrected chi connectivity index (χ0v) is 10.2. The normalized spacial score (nSPS) is 10.4. The smallest absolute Gasteiger partial charge is 0.298 e. The summed E-state index contributed by atoms with van der Waals surface area (Å²) in [7, 11) is 0. The molecular formula is C10H10ClN3OS. The molecule has 84 valence electrons. The van der Waals surface area contributed by atoms with Crippen molar-refractivity contribution in [1.82, 2.24) is 9.36 Å². The molecule has 6 heteroatoms. The van der Waals surface area contributed by atoms with E-state index in [-0.39, 0.29) is 0 Å². The number of hydrogen-bond acceptors (Lipinski definition) is 5. The SMILES string of the molecule is CCc1nsc(Oc2c(N)cccc2Cl)n1. The number of rotatable bonds is 3. The summed E-state index contributed by atoms with van der Waals surface area (Å²) in [6, 6.07) is 5.21. The van der Waals surface area contributed by atoms with Gasteiger partial charge in [-0.15, -0.1) is 0 Å². The molecule has 0 unspecified atom stereocenters. The van der Waals surface area contributed by atoms with Crippen LogP contribution in [0.25, 0.3) is 0 Å². The Labute approximate surface area is 102 Å². The van der Waals surface area contributed by atoms with Crippen LogP contribution in [-0.2, 0) is 6.42 Å². The van der Waals surface area contributed by atoms with Crippen LogP contribution in [0.1, 0.15) is 12.7 Å². The summed E-state index contributed by atoms with van der Waals surface area (Å²) in [4.78, 5) is 4.18. The Hall–Kier alpha value is -1.33. The van der Waals surface area contributed by atoms with Crippen molar-refractivity contribution in [3.63, 3.8) is 0 Å². The Balaban J connectivity index is 2.26. The summed E-state index contributed by atoms with van der Waals surface area (Å²) in [5.74, 6) is 1.19. The van der Waals surface area contributed by atoms with Gasteiger partial charge in [-0.2, -0.15) is 9.36 Å². The molecule has 0 amide bonds. The molecule has 2 rings (SSSR count). The molecule has 16 heavy (non-hydrogen) atoms. The molecule has 0 atom stereocenters. The van der Waals surface area contributed by atoms with E-state index in [9.17, 15) is 0 Å². The molecular weight excluding hydrogens is 246 g/mol. The van der Waals surface area contributed by atoms with E-state index in [1.54, 1.807) is 18.2 Å². The summed E-state index contributed by atoms with van der Waals surface area (Å²) < 4.78 is 9.62. The van der Waals surface area contributed by atoms with Crippen LogP contribution in [0.15, 0.2) is 18.2 Å². The quantitative estimate of drug-likeness (QED) is 0.856. The fourth-order valence-electron chi connectivity index (χ4n) is 1.14. The number of nitrogens with zero attached hydrogens (tertiary/aromatic N) is 2. The number of aryl methyl sites for hydroxylation is 1. The largest absolute Gasteiger partial charge is 0.426 e. The monoisotopic (exact) mass is 255 g/mol. The van der Waals surface area contributed by atoms with Crippen LogP contribution in [-0.4, -0.2) is 9.36 Å². The van der Waals surface area contributed by atoms with E-state index in [2.05, 4.69) is 9.36 Å². The maximum Gasteiger partial charge on any atom is 0.298 e. The van der Waals surface area contributed by atoms with E-state index < -0.39 is 0 Å². The number of benzene rings is 1. The predicted octanol–water partition coefficient (Wildman–Crippen LogP) is 3.13. The molecule has 0 aliphatic heterocycles. The highest BCUT2D eigenvalue weighted by molar-refractivity contribution is 7.07. The van der Waals surface area contributed by atoms with Crippen molar-refractivity contribution in [2.75, 3.05) is 5.73 Å². The van der Waals surface area contributed by atoms with Crippen molar-refractivity contribution in [3.8, 4) is 10.9 Å². The molecule has 0 fully saturated rings. The number of hydrogen-bond donors (Lipinski definition) is 1. The summed E-state index contributed by atoms with van der Waals surface area (Å²) >= 11 is 7.16. The number of anilines is 1. The van der Waals surface area contributed by atoms with E-state index >= 15 is 0 Å². The van der Waals surface area contributed by atoms with Crippen molar-refractivity contribution in [3.05, 3.63) is 29.0 Å². The summed E-state index contributed by atoms with van der Waals surface area (Å²) in [5.41, 5.74) is 6.24. The number of aromatic nitrogens is 2. The van der Waals surface area contributed by atoms with E-state index in [1.165, 1.54) is 11.5 Å². The summed E-state index contributed by atoms with van der Waals surface area (Å²) in [5, 5.41) is 0.921. The van der Waals surface area contributed by atoms with Crippen LogP contribution >= 0.6 is 23.1 Å². The highest BCUT2D eigenvalue weighted by Crippen LogP contribution is 2.35. The lowest BCUT2D eigenvalue weighted by Gasteiger charge is -2.06. The van der Waals surface area contributed by atoms with Crippen molar-refractivity contribution in [2.45, 2.75) is 13.3 Å². The van der Waals surface area contributed by atoms with Crippen LogP contribution < -0.4 is 10.5 Å². The van der Waals surface area contributed by atoms with E-state index in [1.807, 2.05) is 6.92 Å². The zero-order chi connectivity index (χ0) is 11.5. The van der Waals surface area contributed by atoms with E-state index in [0.29, 0.717) is 21.7 Å². The minimum Gasteiger partial charge on any atom is -0.426 e. The van der Waals surface area contributed by atoms with E-state index in [0.717, 1.165) is 12.2 Å². The van der Waals surface area contributed by atoms with Gasteiger partial charge < -0.3 is 10.5 Å². The first-order valence-corrected chi connectivity index (χ1v) is 5.90.